The Morgan fingerprint density at radius 1 is 0.955 bits per heavy atom. The molecular weight excluding hydrogens is 406 g/mol. The molecule has 0 bridgehead atoms. The summed E-state index contributed by atoms with van der Waals surface area (Å²) in [5.74, 6) is 0. The van der Waals surface area contributed by atoms with Crippen LogP contribution in [-0.4, -0.2) is 0 Å². The van der Waals surface area contributed by atoms with Gasteiger partial charge in [0.1, 0.15) is 0 Å². The molecule has 112 valence electrons. The van der Waals surface area contributed by atoms with E-state index < -0.39 is 11.7 Å². The third-order valence-electron chi connectivity index (χ3n) is 3.37. The maximum absolute atomic E-state index is 12.6. The molecule has 1 aromatic heterocycles. The van der Waals surface area contributed by atoms with Gasteiger partial charge in [0.2, 0.25) is 5.69 Å². The molecule has 2 aromatic carbocycles. The maximum atomic E-state index is 12.6. The van der Waals surface area contributed by atoms with Crippen molar-refractivity contribution in [3.05, 3.63) is 69.1 Å². The fourth-order valence-electron chi connectivity index (χ4n) is 2.30. The molecule has 0 aliphatic rings. The van der Waals surface area contributed by atoms with E-state index in [0.29, 0.717) is 19.6 Å². The third-order valence-corrected chi connectivity index (χ3v) is 4.46. The standard InChI is InChI=1S/C16H9F3INO/c17-16(18,19)12-7-5-10(6-8-12)15-14(20)13-4-2-1-3-11(13)9-21(15)22/h1-9H. The molecule has 0 saturated carbocycles. The van der Waals surface area contributed by atoms with E-state index >= 15 is 0 Å². The average molecular weight is 415 g/mol. The lowest BCUT2D eigenvalue weighted by molar-refractivity contribution is -0.592. The van der Waals surface area contributed by atoms with E-state index in [-0.39, 0.29) is 0 Å². The molecule has 3 rings (SSSR count). The van der Waals surface area contributed by atoms with Crippen molar-refractivity contribution >= 4 is 33.4 Å². The highest BCUT2D eigenvalue weighted by Crippen LogP contribution is 2.32. The van der Waals surface area contributed by atoms with Gasteiger partial charge < -0.3 is 5.21 Å². The summed E-state index contributed by atoms with van der Waals surface area (Å²) in [4.78, 5) is 0. The lowest BCUT2D eigenvalue weighted by Gasteiger charge is -2.11. The summed E-state index contributed by atoms with van der Waals surface area (Å²) in [6, 6.07) is 12.0. The number of benzene rings is 2. The minimum atomic E-state index is -4.39. The highest BCUT2D eigenvalue weighted by molar-refractivity contribution is 14.1. The van der Waals surface area contributed by atoms with Gasteiger partial charge >= 0.3 is 6.18 Å². The number of hydrogen-bond acceptors (Lipinski definition) is 1. The molecule has 0 aliphatic heterocycles. The van der Waals surface area contributed by atoms with Gasteiger partial charge in [0.15, 0.2) is 6.20 Å². The molecule has 22 heavy (non-hydrogen) atoms. The van der Waals surface area contributed by atoms with Gasteiger partial charge in [-0.2, -0.15) is 17.9 Å². The van der Waals surface area contributed by atoms with Crippen LogP contribution < -0.4 is 4.73 Å². The Morgan fingerprint density at radius 2 is 1.59 bits per heavy atom. The largest absolute Gasteiger partial charge is 0.618 e. The minimum absolute atomic E-state index is 0.355. The fraction of sp³-hybridized carbons (Fsp3) is 0.0625. The summed E-state index contributed by atoms with van der Waals surface area (Å²) in [6.45, 7) is 0. The first kappa shape index (κ1) is 15.1. The maximum Gasteiger partial charge on any atom is 0.416 e. The van der Waals surface area contributed by atoms with Crippen molar-refractivity contribution in [2.45, 2.75) is 6.18 Å². The molecule has 0 unspecified atom stereocenters. The van der Waals surface area contributed by atoms with Crippen molar-refractivity contribution in [3.8, 4) is 11.3 Å². The monoisotopic (exact) mass is 415 g/mol. The lowest BCUT2D eigenvalue weighted by atomic mass is 10.1. The molecule has 0 atom stereocenters. The van der Waals surface area contributed by atoms with Gasteiger partial charge in [-0.3, -0.25) is 0 Å². The summed E-state index contributed by atoms with van der Waals surface area (Å²) in [7, 11) is 0. The van der Waals surface area contributed by atoms with Gasteiger partial charge in [-0.05, 0) is 52.9 Å². The van der Waals surface area contributed by atoms with Crippen molar-refractivity contribution in [1.82, 2.24) is 0 Å². The van der Waals surface area contributed by atoms with Crippen LogP contribution in [0.1, 0.15) is 5.56 Å². The second-order valence-electron chi connectivity index (χ2n) is 4.78. The van der Waals surface area contributed by atoms with Crippen LogP contribution in [0.25, 0.3) is 22.0 Å². The topological polar surface area (TPSA) is 26.9 Å². The van der Waals surface area contributed by atoms with Gasteiger partial charge in [0.05, 0.1) is 9.13 Å². The van der Waals surface area contributed by atoms with Gasteiger partial charge in [-0.1, -0.05) is 18.2 Å². The Morgan fingerprint density at radius 3 is 2.23 bits per heavy atom. The second kappa shape index (κ2) is 5.42. The molecule has 0 spiro atoms. The van der Waals surface area contributed by atoms with Crippen LogP contribution in [0.4, 0.5) is 13.2 Å². The average Bonchev–Trinajstić information content (AvgIpc) is 2.47. The molecule has 0 amide bonds. The molecule has 1 heterocycles. The number of aromatic nitrogens is 1. The Hall–Kier alpha value is -1.83. The molecule has 0 radical (unpaired) electrons. The van der Waals surface area contributed by atoms with Crippen molar-refractivity contribution in [1.29, 1.82) is 0 Å². The number of alkyl halides is 3. The Labute approximate surface area is 137 Å². The third kappa shape index (κ3) is 2.63. The van der Waals surface area contributed by atoms with E-state index in [0.717, 1.165) is 22.9 Å². The molecule has 2 nitrogen and oxygen atoms in total. The number of pyridine rings is 1. The van der Waals surface area contributed by atoms with Crippen LogP contribution in [0.3, 0.4) is 0 Å². The number of halogens is 4. The molecule has 0 N–H and O–H groups in total. The SMILES string of the molecule is [O-][n+]1cc2ccccc2c(I)c1-c1ccc(C(F)(F)F)cc1. The highest BCUT2D eigenvalue weighted by atomic mass is 127. The smallest absolute Gasteiger partial charge is 0.416 e. The lowest BCUT2D eigenvalue weighted by Crippen LogP contribution is -2.29. The number of hydrogen-bond donors (Lipinski definition) is 0. The quantitative estimate of drug-likeness (QED) is 0.320. The van der Waals surface area contributed by atoms with Crippen LogP contribution in [0.2, 0.25) is 0 Å². The summed E-state index contributed by atoms with van der Waals surface area (Å²) >= 11 is 2.05. The van der Waals surface area contributed by atoms with Crippen LogP contribution in [0, 0.1) is 8.78 Å². The Balaban J connectivity index is 2.18. The molecule has 6 heteroatoms. The van der Waals surface area contributed by atoms with Gasteiger partial charge in [-0.25, -0.2) is 0 Å². The van der Waals surface area contributed by atoms with E-state index in [4.69, 9.17) is 0 Å². The number of rotatable bonds is 1. The zero-order valence-corrected chi connectivity index (χ0v) is 13.2. The highest BCUT2D eigenvalue weighted by Gasteiger charge is 2.30. The van der Waals surface area contributed by atoms with E-state index in [9.17, 15) is 18.4 Å². The zero-order valence-electron chi connectivity index (χ0n) is 11.1. The summed E-state index contributed by atoms with van der Waals surface area (Å²) in [5, 5.41) is 13.9. The Kier molecular flexibility index (Phi) is 3.72. The molecule has 0 saturated heterocycles. The van der Waals surface area contributed by atoms with Gasteiger partial charge in [0.25, 0.3) is 0 Å². The van der Waals surface area contributed by atoms with E-state index in [1.54, 1.807) is 0 Å². The summed E-state index contributed by atoms with van der Waals surface area (Å²) in [5.41, 5.74) is 0.0793. The predicted octanol–water partition coefficient (Wildman–Crippen LogP) is 4.76. The second-order valence-corrected chi connectivity index (χ2v) is 5.86. The zero-order chi connectivity index (χ0) is 15.9. The molecule has 0 fully saturated rings. The fourth-order valence-corrected chi connectivity index (χ4v) is 3.34. The summed E-state index contributed by atoms with van der Waals surface area (Å²) < 4.78 is 39.3. The first-order valence-electron chi connectivity index (χ1n) is 6.36. The van der Waals surface area contributed by atoms with Crippen LogP contribution in [0.5, 0.6) is 0 Å². The molecular formula is C16H9F3INO. The molecule has 0 aliphatic carbocycles. The summed E-state index contributed by atoms with van der Waals surface area (Å²) in [6.07, 6.45) is -2.95. The van der Waals surface area contributed by atoms with E-state index in [2.05, 4.69) is 0 Å². The van der Waals surface area contributed by atoms with Crippen LogP contribution in [0.15, 0.2) is 54.7 Å². The van der Waals surface area contributed by atoms with Gasteiger partial charge in [-0.15, -0.1) is 0 Å². The number of nitrogens with zero attached hydrogens (tertiary/aromatic N) is 1. The van der Waals surface area contributed by atoms with Crippen LogP contribution in [-0.2, 0) is 6.18 Å². The Bertz CT molecular complexity index is 844. The van der Waals surface area contributed by atoms with Crippen molar-refractivity contribution in [2.24, 2.45) is 0 Å². The number of fused-ring (bicyclic) bond motifs is 1. The van der Waals surface area contributed by atoms with Crippen molar-refractivity contribution in [2.75, 3.05) is 0 Å². The first-order chi connectivity index (χ1) is 10.4. The van der Waals surface area contributed by atoms with E-state index in [1.165, 1.54) is 18.3 Å². The normalized spacial score (nSPS) is 11.8. The predicted molar refractivity (Wildman–Crippen MR) is 86.1 cm³/mol. The first-order valence-corrected chi connectivity index (χ1v) is 7.44. The van der Waals surface area contributed by atoms with Gasteiger partial charge in [0, 0.05) is 16.3 Å². The van der Waals surface area contributed by atoms with Crippen molar-refractivity contribution < 1.29 is 17.9 Å². The molecule has 3 aromatic rings. The van der Waals surface area contributed by atoms with Crippen LogP contribution >= 0.6 is 22.6 Å². The minimum Gasteiger partial charge on any atom is -0.618 e. The van der Waals surface area contributed by atoms with Crippen molar-refractivity contribution in [3.63, 3.8) is 0 Å². The van der Waals surface area contributed by atoms with E-state index in [1.807, 2.05) is 46.9 Å².